The third kappa shape index (κ3) is 2.36. The zero-order valence-corrected chi connectivity index (χ0v) is 13.6. The smallest absolute Gasteiger partial charge is 0.228 e. The lowest BCUT2D eigenvalue weighted by Gasteiger charge is -2.40. The largest absolute Gasteiger partial charge is 0.338 e. The van der Waals surface area contributed by atoms with Crippen LogP contribution in [0.5, 0.6) is 0 Å². The topological polar surface area (TPSA) is 100 Å². The van der Waals surface area contributed by atoms with Crippen molar-refractivity contribution in [3.63, 3.8) is 0 Å². The summed E-state index contributed by atoms with van der Waals surface area (Å²) in [5, 5.41) is 10.9. The number of hydrogen-bond acceptors (Lipinski definition) is 5. The number of nitrogens with zero attached hydrogens (tertiary/aromatic N) is 6. The van der Waals surface area contributed by atoms with E-state index >= 15 is 0 Å². The molecule has 0 aliphatic carbocycles. The molecule has 1 unspecified atom stereocenters. The molecular weight excluding hydrogens is 310 g/mol. The van der Waals surface area contributed by atoms with E-state index in [1.165, 1.54) is 0 Å². The summed E-state index contributed by atoms with van der Waals surface area (Å²) in [7, 11) is 0. The monoisotopic (exact) mass is 329 g/mol. The summed E-state index contributed by atoms with van der Waals surface area (Å²) in [6, 6.07) is 0.178. The molecule has 4 heterocycles. The van der Waals surface area contributed by atoms with Gasteiger partial charge in [-0.25, -0.2) is 9.67 Å². The van der Waals surface area contributed by atoms with Crippen molar-refractivity contribution in [1.82, 2.24) is 29.9 Å². The second-order valence-electron chi connectivity index (χ2n) is 6.41. The number of carbonyl (C=O) groups excluding carboxylic acids is 2. The first-order valence-electron chi connectivity index (χ1n) is 8.00. The van der Waals surface area contributed by atoms with Gasteiger partial charge >= 0.3 is 0 Å². The van der Waals surface area contributed by atoms with Gasteiger partial charge in [0.15, 0.2) is 0 Å². The summed E-state index contributed by atoms with van der Waals surface area (Å²) in [4.78, 5) is 32.5. The van der Waals surface area contributed by atoms with Crippen molar-refractivity contribution in [1.29, 1.82) is 0 Å². The second kappa shape index (κ2) is 5.43. The van der Waals surface area contributed by atoms with E-state index in [1.54, 1.807) is 22.2 Å². The maximum absolute atomic E-state index is 12.6. The molecule has 2 fully saturated rings. The first-order valence-corrected chi connectivity index (χ1v) is 8.00. The fourth-order valence-corrected chi connectivity index (χ4v) is 3.44. The SMILES string of the molecule is Cc1nc(C)n(C2CN(C(=O)C3CC(=O)N(c4cn[nH]c4)C3)C2)n1. The Hall–Kier alpha value is -2.71. The number of H-pyrrole nitrogens is 1. The average molecular weight is 329 g/mol. The van der Waals surface area contributed by atoms with Crippen LogP contribution in [0.4, 0.5) is 5.69 Å². The van der Waals surface area contributed by atoms with Crippen molar-refractivity contribution in [2.45, 2.75) is 26.3 Å². The van der Waals surface area contributed by atoms with Crippen molar-refractivity contribution in [2.24, 2.45) is 5.92 Å². The molecule has 9 heteroatoms. The van der Waals surface area contributed by atoms with Gasteiger partial charge in [-0.1, -0.05) is 0 Å². The molecule has 2 saturated heterocycles. The summed E-state index contributed by atoms with van der Waals surface area (Å²) < 4.78 is 1.89. The fourth-order valence-electron chi connectivity index (χ4n) is 3.44. The molecule has 1 atom stereocenters. The number of nitrogens with one attached hydrogen (secondary N) is 1. The number of aromatic nitrogens is 5. The Morgan fingerprint density at radius 2 is 2.08 bits per heavy atom. The number of hydrogen-bond donors (Lipinski definition) is 1. The van der Waals surface area contributed by atoms with Gasteiger partial charge < -0.3 is 9.80 Å². The van der Waals surface area contributed by atoms with E-state index in [0.29, 0.717) is 25.3 Å². The van der Waals surface area contributed by atoms with Crippen molar-refractivity contribution in [2.75, 3.05) is 24.5 Å². The normalized spacial score (nSPS) is 21.4. The molecule has 0 bridgehead atoms. The molecule has 24 heavy (non-hydrogen) atoms. The molecule has 0 radical (unpaired) electrons. The van der Waals surface area contributed by atoms with E-state index in [2.05, 4.69) is 20.3 Å². The van der Waals surface area contributed by atoms with Gasteiger partial charge in [0, 0.05) is 32.3 Å². The summed E-state index contributed by atoms with van der Waals surface area (Å²) in [5.74, 6) is 1.34. The van der Waals surface area contributed by atoms with Crippen LogP contribution in [0.1, 0.15) is 24.1 Å². The predicted molar refractivity (Wildman–Crippen MR) is 84.2 cm³/mol. The maximum Gasteiger partial charge on any atom is 0.228 e. The van der Waals surface area contributed by atoms with E-state index < -0.39 is 0 Å². The van der Waals surface area contributed by atoms with Gasteiger partial charge in [0.2, 0.25) is 11.8 Å². The van der Waals surface area contributed by atoms with Crippen LogP contribution < -0.4 is 4.90 Å². The maximum atomic E-state index is 12.6. The van der Waals surface area contributed by atoms with Crippen LogP contribution in [0.3, 0.4) is 0 Å². The molecule has 1 N–H and O–H groups in total. The molecule has 126 valence electrons. The molecule has 9 nitrogen and oxygen atoms in total. The summed E-state index contributed by atoms with van der Waals surface area (Å²) in [6.07, 6.45) is 3.52. The standard InChI is InChI=1S/C15H19N7O2/c1-9-18-10(2)22(19-9)13-7-20(8-13)15(24)11-3-14(23)21(6-11)12-4-16-17-5-12/h4-5,11,13H,3,6-8H2,1-2H3,(H,16,17). The molecule has 0 saturated carbocycles. The van der Waals surface area contributed by atoms with Crippen LogP contribution in [-0.2, 0) is 9.59 Å². The van der Waals surface area contributed by atoms with Crippen molar-refractivity contribution >= 4 is 17.5 Å². The van der Waals surface area contributed by atoms with Gasteiger partial charge in [-0.15, -0.1) is 0 Å². The number of likely N-dealkylation sites (tertiary alicyclic amines) is 1. The molecular formula is C15H19N7O2. The van der Waals surface area contributed by atoms with E-state index in [-0.39, 0.29) is 30.2 Å². The molecule has 2 aliphatic rings. The number of aryl methyl sites for hydroxylation is 2. The zero-order chi connectivity index (χ0) is 16.8. The van der Waals surface area contributed by atoms with Gasteiger partial charge in [-0.05, 0) is 13.8 Å². The summed E-state index contributed by atoms with van der Waals surface area (Å²) in [6.45, 7) is 5.44. The van der Waals surface area contributed by atoms with Crippen molar-refractivity contribution in [3.8, 4) is 0 Å². The molecule has 2 amide bonds. The van der Waals surface area contributed by atoms with Crippen LogP contribution in [0.25, 0.3) is 0 Å². The van der Waals surface area contributed by atoms with Crippen LogP contribution in [0.2, 0.25) is 0 Å². The Kier molecular flexibility index (Phi) is 3.36. The van der Waals surface area contributed by atoms with Gasteiger partial charge in [-0.2, -0.15) is 10.2 Å². The lowest BCUT2D eigenvalue weighted by molar-refractivity contribution is -0.141. The van der Waals surface area contributed by atoms with Crippen molar-refractivity contribution in [3.05, 3.63) is 24.0 Å². The number of amides is 2. The Labute approximate surface area is 138 Å². The molecule has 2 aromatic rings. The highest BCUT2D eigenvalue weighted by Gasteiger charge is 2.42. The second-order valence-corrected chi connectivity index (χ2v) is 6.41. The summed E-state index contributed by atoms with van der Waals surface area (Å²) >= 11 is 0. The van der Waals surface area contributed by atoms with Gasteiger partial charge in [0.1, 0.15) is 11.6 Å². The van der Waals surface area contributed by atoms with Crippen LogP contribution in [0.15, 0.2) is 12.4 Å². The number of rotatable bonds is 3. The quantitative estimate of drug-likeness (QED) is 0.858. The Morgan fingerprint density at radius 3 is 2.71 bits per heavy atom. The Morgan fingerprint density at radius 1 is 1.29 bits per heavy atom. The fraction of sp³-hybridized carbons (Fsp3) is 0.533. The highest BCUT2D eigenvalue weighted by molar-refractivity contribution is 6.00. The third-order valence-corrected chi connectivity index (χ3v) is 4.70. The molecule has 0 aromatic carbocycles. The van der Waals surface area contributed by atoms with Gasteiger partial charge in [-0.3, -0.25) is 14.7 Å². The van der Waals surface area contributed by atoms with Crippen molar-refractivity contribution < 1.29 is 9.59 Å². The third-order valence-electron chi connectivity index (χ3n) is 4.70. The average Bonchev–Trinajstić information content (AvgIpc) is 3.18. The van der Waals surface area contributed by atoms with Crippen LogP contribution in [-0.4, -0.2) is 61.3 Å². The van der Waals surface area contributed by atoms with Crippen LogP contribution in [0, 0.1) is 19.8 Å². The highest BCUT2D eigenvalue weighted by atomic mass is 16.2. The first kappa shape index (κ1) is 14.9. The van der Waals surface area contributed by atoms with Crippen LogP contribution >= 0.6 is 0 Å². The molecule has 2 aromatic heterocycles. The number of carbonyl (C=O) groups is 2. The highest BCUT2D eigenvalue weighted by Crippen LogP contribution is 2.29. The first-order chi connectivity index (χ1) is 11.5. The van der Waals surface area contributed by atoms with E-state index in [4.69, 9.17) is 0 Å². The Balaban J connectivity index is 1.38. The number of anilines is 1. The predicted octanol–water partition coefficient (Wildman–Crippen LogP) is 0.0544. The Bertz CT molecular complexity index is 776. The zero-order valence-electron chi connectivity index (χ0n) is 13.6. The lowest BCUT2D eigenvalue weighted by Crippen LogP contribution is -2.53. The minimum Gasteiger partial charge on any atom is -0.338 e. The van der Waals surface area contributed by atoms with Gasteiger partial charge in [0.25, 0.3) is 0 Å². The molecule has 4 rings (SSSR count). The van der Waals surface area contributed by atoms with E-state index in [9.17, 15) is 9.59 Å². The number of aromatic amines is 1. The minimum atomic E-state index is -0.285. The molecule has 0 spiro atoms. The molecule has 2 aliphatic heterocycles. The minimum absolute atomic E-state index is 0.0328. The summed E-state index contributed by atoms with van der Waals surface area (Å²) in [5.41, 5.74) is 0.713. The lowest BCUT2D eigenvalue weighted by atomic mass is 10.0. The van der Waals surface area contributed by atoms with E-state index in [1.807, 2.05) is 18.5 Å². The van der Waals surface area contributed by atoms with Gasteiger partial charge in [0.05, 0.1) is 23.8 Å². The van der Waals surface area contributed by atoms with E-state index in [0.717, 1.165) is 11.6 Å².